The van der Waals surface area contributed by atoms with E-state index in [1.165, 1.54) is 19.2 Å². The number of ketones is 1. The minimum Gasteiger partial charge on any atom is -0.496 e. The van der Waals surface area contributed by atoms with Crippen LogP contribution in [0.4, 0.5) is 0 Å². The first-order chi connectivity index (χ1) is 8.01. The number of rotatable bonds is 5. The normalized spacial score (nSPS) is 10.1. The highest BCUT2D eigenvalue weighted by atomic mass is 16.5. The van der Waals surface area contributed by atoms with E-state index in [1.807, 2.05) is 6.92 Å². The van der Waals surface area contributed by atoms with Crippen molar-refractivity contribution in [2.75, 3.05) is 7.11 Å². The van der Waals surface area contributed by atoms with E-state index in [1.54, 1.807) is 6.92 Å². The Balaban J connectivity index is 3.30. The van der Waals surface area contributed by atoms with Gasteiger partial charge in [0.05, 0.1) is 18.2 Å². The average Bonchev–Trinajstić information content (AvgIpc) is 2.27. The third-order valence-electron chi connectivity index (χ3n) is 2.52. The number of ether oxygens (including phenoxy) is 1. The lowest BCUT2D eigenvalue weighted by atomic mass is 9.98. The summed E-state index contributed by atoms with van der Waals surface area (Å²) in [5, 5.41) is 8.92. The van der Waals surface area contributed by atoms with Crippen LogP contribution in [0.3, 0.4) is 0 Å². The topological polar surface area (TPSA) is 63.6 Å². The number of carbonyl (C=O) groups is 2. The van der Waals surface area contributed by atoms with Crippen molar-refractivity contribution in [2.24, 2.45) is 0 Å². The molecule has 4 nitrogen and oxygen atoms in total. The van der Waals surface area contributed by atoms with E-state index >= 15 is 0 Å². The molecule has 0 saturated carbocycles. The molecule has 92 valence electrons. The molecule has 0 fully saturated rings. The SMILES string of the molecule is CCCC(=O)c1c(C)cc(C(=O)O)cc1OC. The lowest BCUT2D eigenvalue weighted by molar-refractivity contribution is 0.0695. The molecule has 0 atom stereocenters. The zero-order valence-electron chi connectivity index (χ0n) is 10.2. The van der Waals surface area contributed by atoms with Crippen molar-refractivity contribution in [2.45, 2.75) is 26.7 Å². The zero-order valence-corrected chi connectivity index (χ0v) is 10.2. The summed E-state index contributed by atoms with van der Waals surface area (Å²) in [7, 11) is 1.43. The van der Waals surface area contributed by atoms with Gasteiger partial charge >= 0.3 is 5.97 Å². The Bertz CT molecular complexity index is 449. The Kier molecular flexibility index (Phi) is 4.26. The van der Waals surface area contributed by atoms with E-state index in [0.717, 1.165) is 6.42 Å². The first-order valence-corrected chi connectivity index (χ1v) is 5.46. The quantitative estimate of drug-likeness (QED) is 0.798. The van der Waals surface area contributed by atoms with Gasteiger partial charge in [-0.15, -0.1) is 0 Å². The van der Waals surface area contributed by atoms with Gasteiger partial charge < -0.3 is 9.84 Å². The molecule has 0 aliphatic rings. The molecule has 1 rings (SSSR count). The molecule has 1 aromatic rings. The van der Waals surface area contributed by atoms with Gasteiger partial charge in [-0.2, -0.15) is 0 Å². The van der Waals surface area contributed by atoms with E-state index in [-0.39, 0.29) is 11.3 Å². The Hall–Kier alpha value is -1.84. The number of hydrogen-bond donors (Lipinski definition) is 1. The third-order valence-corrected chi connectivity index (χ3v) is 2.52. The van der Waals surface area contributed by atoms with Gasteiger partial charge in [-0.3, -0.25) is 4.79 Å². The summed E-state index contributed by atoms with van der Waals surface area (Å²) in [6.45, 7) is 3.64. The first kappa shape index (κ1) is 13.2. The van der Waals surface area contributed by atoms with Crippen LogP contribution >= 0.6 is 0 Å². The van der Waals surface area contributed by atoms with Gasteiger partial charge in [0.25, 0.3) is 0 Å². The van der Waals surface area contributed by atoms with Crippen LogP contribution in [-0.2, 0) is 0 Å². The van der Waals surface area contributed by atoms with Crippen molar-refractivity contribution in [1.29, 1.82) is 0 Å². The maximum atomic E-state index is 11.9. The molecule has 0 amide bonds. The Morgan fingerprint density at radius 3 is 2.47 bits per heavy atom. The lowest BCUT2D eigenvalue weighted by Gasteiger charge is -2.11. The summed E-state index contributed by atoms with van der Waals surface area (Å²) in [5.74, 6) is -0.708. The fourth-order valence-electron chi connectivity index (χ4n) is 1.75. The van der Waals surface area contributed by atoms with Crippen LogP contribution in [0.25, 0.3) is 0 Å². The Labute approximate surface area is 100 Å². The van der Waals surface area contributed by atoms with Gasteiger partial charge in [0.1, 0.15) is 5.75 Å². The molecule has 4 heteroatoms. The van der Waals surface area contributed by atoms with E-state index < -0.39 is 5.97 Å². The number of hydrogen-bond acceptors (Lipinski definition) is 3. The fourth-order valence-corrected chi connectivity index (χ4v) is 1.75. The third kappa shape index (κ3) is 2.84. The second kappa shape index (κ2) is 5.48. The predicted molar refractivity (Wildman–Crippen MR) is 63.9 cm³/mol. The van der Waals surface area contributed by atoms with Gasteiger partial charge in [-0.05, 0) is 31.0 Å². The van der Waals surface area contributed by atoms with E-state index in [0.29, 0.717) is 23.3 Å². The summed E-state index contributed by atoms with van der Waals surface area (Å²) in [6, 6.07) is 2.88. The molecule has 1 aromatic carbocycles. The fraction of sp³-hybridized carbons (Fsp3) is 0.385. The molecule has 0 saturated heterocycles. The van der Waals surface area contributed by atoms with Crippen LogP contribution in [0, 0.1) is 6.92 Å². The molecular formula is C13H16O4. The summed E-state index contributed by atoms with van der Waals surface area (Å²) in [4.78, 5) is 22.8. The standard InChI is InChI=1S/C13H16O4/c1-4-5-10(14)12-8(2)6-9(13(15)16)7-11(12)17-3/h6-7H,4-5H2,1-3H3,(H,15,16). The van der Waals surface area contributed by atoms with Gasteiger partial charge in [0.2, 0.25) is 0 Å². The molecular weight excluding hydrogens is 220 g/mol. The maximum Gasteiger partial charge on any atom is 0.335 e. The van der Waals surface area contributed by atoms with Crippen molar-refractivity contribution >= 4 is 11.8 Å². The van der Waals surface area contributed by atoms with Gasteiger partial charge in [-0.25, -0.2) is 4.79 Å². The van der Waals surface area contributed by atoms with Crippen LogP contribution in [0.1, 0.15) is 46.0 Å². The largest absolute Gasteiger partial charge is 0.496 e. The van der Waals surface area contributed by atoms with Crippen LogP contribution in [0.2, 0.25) is 0 Å². The monoisotopic (exact) mass is 236 g/mol. The van der Waals surface area contributed by atoms with Crippen LogP contribution in [-0.4, -0.2) is 24.0 Å². The van der Waals surface area contributed by atoms with Crippen LogP contribution in [0.5, 0.6) is 5.75 Å². The van der Waals surface area contributed by atoms with Gasteiger partial charge in [0.15, 0.2) is 5.78 Å². The number of aromatic carboxylic acids is 1. The smallest absolute Gasteiger partial charge is 0.335 e. The molecule has 0 aliphatic carbocycles. The van der Waals surface area contributed by atoms with Crippen LogP contribution < -0.4 is 4.74 Å². The number of carboxylic acid groups (broad SMARTS) is 1. The first-order valence-electron chi connectivity index (χ1n) is 5.46. The van der Waals surface area contributed by atoms with Gasteiger partial charge in [-0.1, -0.05) is 6.92 Å². The molecule has 0 aliphatic heterocycles. The van der Waals surface area contributed by atoms with Crippen molar-refractivity contribution in [1.82, 2.24) is 0 Å². The number of carboxylic acids is 1. The minimum atomic E-state index is -1.03. The van der Waals surface area contributed by atoms with E-state index in [4.69, 9.17) is 9.84 Å². The van der Waals surface area contributed by atoms with Crippen molar-refractivity contribution in [3.63, 3.8) is 0 Å². The molecule has 1 N–H and O–H groups in total. The summed E-state index contributed by atoms with van der Waals surface area (Å²) < 4.78 is 5.10. The molecule has 0 heterocycles. The highest BCUT2D eigenvalue weighted by Gasteiger charge is 2.17. The van der Waals surface area contributed by atoms with Crippen LogP contribution in [0.15, 0.2) is 12.1 Å². The second-order valence-electron chi connectivity index (χ2n) is 3.85. The van der Waals surface area contributed by atoms with Gasteiger partial charge in [0, 0.05) is 6.42 Å². The number of benzene rings is 1. The summed E-state index contributed by atoms with van der Waals surface area (Å²) in [6.07, 6.45) is 1.19. The Morgan fingerprint density at radius 2 is 2.00 bits per heavy atom. The molecule has 0 bridgehead atoms. The average molecular weight is 236 g/mol. The Morgan fingerprint density at radius 1 is 1.35 bits per heavy atom. The van der Waals surface area contributed by atoms with Crippen molar-refractivity contribution in [3.05, 3.63) is 28.8 Å². The van der Waals surface area contributed by atoms with Crippen molar-refractivity contribution < 1.29 is 19.4 Å². The van der Waals surface area contributed by atoms with Crippen molar-refractivity contribution in [3.8, 4) is 5.75 Å². The highest BCUT2D eigenvalue weighted by Crippen LogP contribution is 2.26. The number of aryl methyl sites for hydroxylation is 1. The summed E-state index contributed by atoms with van der Waals surface area (Å²) >= 11 is 0. The van der Waals surface area contributed by atoms with E-state index in [2.05, 4.69) is 0 Å². The number of carbonyl (C=O) groups excluding carboxylic acids is 1. The predicted octanol–water partition coefficient (Wildman–Crippen LogP) is 2.68. The second-order valence-corrected chi connectivity index (χ2v) is 3.85. The molecule has 0 spiro atoms. The summed E-state index contributed by atoms with van der Waals surface area (Å²) in [5.41, 5.74) is 1.26. The molecule has 0 radical (unpaired) electrons. The lowest BCUT2D eigenvalue weighted by Crippen LogP contribution is -2.07. The number of Topliss-reactive ketones (excluding diaryl/α,β-unsaturated/α-hetero) is 1. The molecule has 0 unspecified atom stereocenters. The minimum absolute atomic E-state index is 0.0150. The molecule has 17 heavy (non-hydrogen) atoms. The zero-order chi connectivity index (χ0) is 13.0. The highest BCUT2D eigenvalue weighted by molar-refractivity contribution is 6.01. The number of methoxy groups -OCH3 is 1. The maximum absolute atomic E-state index is 11.9. The van der Waals surface area contributed by atoms with E-state index in [9.17, 15) is 9.59 Å². The molecule has 0 aromatic heterocycles.